The molecule has 0 bridgehead atoms. The van der Waals surface area contributed by atoms with Crippen molar-refractivity contribution >= 4 is 50.7 Å². The number of hydrogen-bond donors (Lipinski definition) is 4. The molecule has 2 aromatic heterocycles. The molecule has 8 heteroatoms. The van der Waals surface area contributed by atoms with Crippen LogP contribution in [0.2, 0.25) is 0 Å². The molecule has 0 atom stereocenters. The van der Waals surface area contributed by atoms with Gasteiger partial charge in [0.2, 0.25) is 0 Å². The second-order valence-electron chi connectivity index (χ2n) is 7.58. The van der Waals surface area contributed by atoms with E-state index in [4.69, 9.17) is 17.0 Å². The van der Waals surface area contributed by atoms with Crippen LogP contribution < -0.4 is 20.9 Å². The summed E-state index contributed by atoms with van der Waals surface area (Å²) in [5.41, 5.74) is 9.90. The zero-order chi connectivity index (χ0) is 23.5. The molecule has 0 aliphatic rings. The van der Waals surface area contributed by atoms with Crippen molar-refractivity contribution in [2.24, 2.45) is 0 Å². The zero-order valence-electron chi connectivity index (χ0n) is 18.3. The summed E-state index contributed by atoms with van der Waals surface area (Å²) in [6, 6.07) is 26.8. The minimum atomic E-state index is -0.400. The van der Waals surface area contributed by atoms with Crippen LogP contribution in [0.3, 0.4) is 0 Å². The SMILES string of the molecule is COc1ccc(NC(=S)NNC(=O)c2cc3c([nH]c4ccccc43)c(-c3ccccc3)n2)cc1. The molecule has 0 fully saturated rings. The largest absolute Gasteiger partial charge is 0.497 e. The number of methoxy groups -OCH3 is 1. The molecule has 5 aromatic rings. The van der Waals surface area contributed by atoms with Gasteiger partial charge in [0.15, 0.2) is 5.11 Å². The standard InChI is InChI=1S/C26H21N5O2S/c1-33-18-13-11-17(12-14-18)27-26(34)31-30-25(32)22-15-20-19-9-5-6-10-21(19)28-24(20)23(29-22)16-7-3-2-4-8-16/h2-15,28H,1H3,(H,30,32)(H2,27,31,34). The first-order valence-electron chi connectivity index (χ1n) is 10.6. The van der Waals surface area contributed by atoms with Gasteiger partial charge in [-0.1, -0.05) is 48.5 Å². The van der Waals surface area contributed by atoms with Gasteiger partial charge in [-0.15, -0.1) is 0 Å². The van der Waals surface area contributed by atoms with Crippen molar-refractivity contribution in [1.82, 2.24) is 20.8 Å². The van der Waals surface area contributed by atoms with E-state index in [1.54, 1.807) is 13.2 Å². The van der Waals surface area contributed by atoms with E-state index in [0.29, 0.717) is 5.69 Å². The molecule has 0 unspecified atom stereocenters. The molecule has 0 radical (unpaired) electrons. The van der Waals surface area contributed by atoms with Crippen molar-refractivity contribution in [3.05, 3.63) is 90.6 Å². The fourth-order valence-electron chi connectivity index (χ4n) is 3.78. The van der Waals surface area contributed by atoms with E-state index in [2.05, 4.69) is 26.1 Å². The Bertz CT molecular complexity index is 1500. The number of anilines is 1. The number of pyridine rings is 1. The average molecular weight is 468 g/mol. The Morgan fingerprint density at radius 3 is 2.41 bits per heavy atom. The minimum Gasteiger partial charge on any atom is -0.497 e. The molecule has 5 rings (SSSR count). The predicted octanol–water partition coefficient (Wildman–Crippen LogP) is 5.02. The summed E-state index contributed by atoms with van der Waals surface area (Å²) in [6.45, 7) is 0. The van der Waals surface area contributed by atoms with Gasteiger partial charge in [0, 0.05) is 27.5 Å². The number of fused-ring (bicyclic) bond motifs is 3. The Morgan fingerprint density at radius 1 is 0.912 bits per heavy atom. The van der Waals surface area contributed by atoms with E-state index in [9.17, 15) is 4.79 Å². The Hall–Kier alpha value is -4.43. The molecule has 34 heavy (non-hydrogen) atoms. The molecular formula is C26H21N5O2S. The molecule has 0 saturated carbocycles. The summed E-state index contributed by atoms with van der Waals surface area (Å²) in [7, 11) is 1.61. The van der Waals surface area contributed by atoms with Crippen molar-refractivity contribution < 1.29 is 9.53 Å². The Labute approximate surface area is 201 Å². The lowest BCUT2D eigenvalue weighted by atomic mass is 10.1. The van der Waals surface area contributed by atoms with E-state index in [0.717, 1.165) is 38.8 Å². The zero-order valence-corrected chi connectivity index (χ0v) is 19.1. The Balaban J connectivity index is 1.41. The van der Waals surface area contributed by atoms with Crippen LogP contribution >= 0.6 is 12.2 Å². The van der Waals surface area contributed by atoms with E-state index in [1.807, 2.05) is 78.9 Å². The van der Waals surface area contributed by atoms with Crippen molar-refractivity contribution in [2.45, 2.75) is 0 Å². The predicted molar refractivity (Wildman–Crippen MR) is 139 cm³/mol. The second-order valence-corrected chi connectivity index (χ2v) is 7.99. The lowest BCUT2D eigenvalue weighted by Gasteiger charge is -2.12. The van der Waals surface area contributed by atoms with Gasteiger partial charge in [-0.2, -0.15) is 0 Å². The molecule has 4 N–H and O–H groups in total. The van der Waals surface area contributed by atoms with Crippen molar-refractivity contribution in [1.29, 1.82) is 0 Å². The maximum Gasteiger partial charge on any atom is 0.288 e. The summed E-state index contributed by atoms with van der Waals surface area (Å²) in [4.78, 5) is 21.2. The quantitative estimate of drug-likeness (QED) is 0.219. The van der Waals surface area contributed by atoms with Gasteiger partial charge in [-0.05, 0) is 48.6 Å². The maximum atomic E-state index is 13.0. The van der Waals surface area contributed by atoms with Gasteiger partial charge < -0.3 is 15.0 Å². The van der Waals surface area contributed by atoms with Gasteiger partial charge in [-0.25, -0.2) is 4.98 Å². The molecule has 0 spiro atoms. The summed E-state index contributed by atoms with van der Waals surface area (Å²) >= 11 is 5.30. The van der Waals surface area contributed by atoms with Crippen LogP contribution in [-0.4, -0.2) is 28.1 Å². The highest BCUT2D eigenvalue weighted by atomic mass is 32.1. The number of amides is 1. The van der Waals surface area contributed by atoms with Crippen LogP contribution in [0.5, 0.6) is 5.75 Å². The van der Waals surface area contributed by atoms with Crippen molar-refractivity contribution in [2.75, 3.05) is 12.4 Å². The molecule has 1 amide bonds. The molecule has 3 aromatic carbocycles. The molecule has 0 saturated heterocycles. The van der Waals surface area contributed by atoms with Crippen LogP contribution in [0.4, 0.5) is 5.69 Å². The van der Waals surface area contributed by atoms with Gasteiger partial charge >= 0.3 is 0 Å². The smallest absolute Gasteiger partial charge is 0.288 e. The van der Waals surface area contributed by atoms with Gasteiger partial charge in [0.1, 0.15) is 11.4 Å². The minimum absolute atomic E-state index is 0.245. The van der Waals surface area contributed by atoms with Gasteiger partial charge in [0.05, 0.1) is 18.3 Å². The second kappa shape index (κ2) is 9.21. The Kier molecular flexibility index (Phi) is 5.80. The number of hydrazine groups is 1. The van der Waals surface area contributed by atoms with Gasteiger partial charge in [-0.3, -0.25) is 15.6 Å². The number of hydrogen-bond acceptors (Lipinski definition) is 4. The Morgan fingerprint density at radius 2 is 1.65 bits per heavy atom. The molecule has 2 heterocycles. The molecular weight excluding hydrogens is 446 g/mol. The van der Waals surface area contributed by atoms with Gasteiger partial charge in [0.25, 0.3) is 5.91 Å². The number of ether oxygens (including phenoxy) is 1. The molecule has 0 aliphatic heterocycles. The number of benzene rings is 3. The number of nitrogens with zero attached hydrogens (tertiary/aromatic N) is 1. The number of aromatic nitrogens is 2. The van der Waals surface area contributed by atoms with Crippen LogP contribution in [-0.2, 0) is 0 Å². The number of H-pyrrole nitrogens is 1. The third-order valence-corrected chi connectivity index (χ3v) is 5.62. The van der Waals surface area contributed by atoms with Crippen LogP contribution in [0, 0.1) is 0 Å². The number of nitrogens with one attached hydrogen (secondary N) is 4. The third kappa shape index (κ3) is 4.26. The number of para-hydroxylation sites is 1. The van der Waals surface area contributed by atoms with Crippen LogP contribution in [0.15, 0.2) is 84.9 Å². The van der Waals surface area contributed by atoms with E-state index < -0.39 is 5.91 Å². The lowest BCUT2D eigenvalue weighted by Crippen LogP contribution is -2.44. The average Bonchev–Trinajstić information content (AvgIpc) is 3.26. The summed E-state index contributed by atoms with van der Waals surface area (Å²) in [5.74, 6) is 0.342. The molecule has 7 nitrogen and oxygen atoms in total. The van der Waals surface area contributed by atoms with E-state index >= 15 is 0 Å². The highest BCUT2D eigenvalue weighted by Crippen LogP contribution is 2.32. The van der Waals surface area contributed by atoms with E-state index in [-0.39, 0.29) is 10.8 Å². The highest BCUT2D eigenvalue weighted by molar-refractivity contribution is 7.80. The third-order valence-electron chi connectivity index (χ3n) is 5.41. The summed E-state index contributed by atoms with van der Waals surface area (Å²) < 4.78 is 5.15. The topological polar surface area (TPSA) is 91.1 Å². The van der Waals surface area contributed by atoms with Crippen LogP contribution in [0.25, 0.3) is 33.1 Å². The number of rotatable bonds is 4. The lowest BCUT2D eigenvalue weighted by molar-refractivity contribution is 0.0939. The summed E-state index contributed by atoms with van der Waals surface area (Å²) in [6.07, 6.45) is 0. The summed E-state index contributed by atoms with van der Waals surface area (Å²) in [5, 5.41) is 5.21. The fourth-order valence-corrected chi connectivity index (χ4v) is 3.95. The monoisotopic (exact) mass is 467 g/mol. The molecule has 0 aliphatic carbocycles. The first-order valence-corrected chi connectivity index (χ1v) is 11.0. The maximum absolute atomic E-state index is 13.0. The highest BCUT2D eigenvalue weighted by Gasteiger charge is 2.17. The number of carbonyl (C=O) groups excluding carboxylic acids is 1. The first-order chi connectivity index (χ1) is 16.6. The fraction of sp³-hybridized carbons (Fsp3) is 0.0385. The normalized spacial score (nSPS) is 10.7. The number of carbonyl (C=O) groups is 1. The molecule has 168 valence electrons. The first kappa shape index (κ1) is 21.4. The van der Waals surface area contributed by atoms with Crippen molar-refractivity contribution in [3.63, 3.8) is 0 Å². The number of aromatic amines is 1. The van der Waals surface area contributed by atoms with E-state index in [1.165, 1.54) is 0 Å². The van der Waals surface area contributed by atoms with Crippen molar-refractivity contribution in [3.8, 4) is 17.0 Å². The number of thiocarbonyl (C=S) groups is 1. The van der Waals surface area contributed by atoms with Crippen LogP contribution in [0.1, 0.15) is 10.5 Å².